The molecule has 4 heteroatoms. The molecule has 0 aliphatic heterocycles. The largest absolute Gasteiger partial charge is 0.494 e. The van der Waals surface area contributed by atoms with Crippen molar-refractivity contribution in [3.63, 3.8) is 0 Å². The van der Waals surface area contributed by atoms with Crippen molar-refractivity contribution in [2.24, 2.45) is 0 Å². The Balaban J connectivity index is 1.86. The predicted molar refractivity (Wildman–Crippen MR) is 70.9 cm³/mol. The molecule has 0 fully saturated rings. The van der Waals surface area contributed by atoms with Gasteiger partial charge >= 0.3 is 5.97 Å². The minimum Gasteiger partial charge on any atom is -0.494 e. The zero-order chi connectivity index (χ0) is 13.1. The number of nitrogens with one attached hydrogen (secondary N) is 1. The number of hydrogen-bond donors (Lipinski definition) is 2. The van der Waals surface area contributed by atoms with Crippen molar-refractivity contribution in [1.82, 2.24) is 5.32 Å². The van der Waals surface area contributed by atoms with Crippen molar-refractivity contribution in [3.05, 3.63) is 30.3 Å². The summed E-state index contributed by atoms with van der Waals surface area (Å²) in [6.07, 6.45) is 2.86. The fourth-order valence-electron chi connectivity index (χ4n) is 1.56. The zero-order valence-electron chi connectivity index (χ0n) is 10.6. The van der Waals surface area contributed by atoms with E-state index in [1.807, 2.05) is 30.3 Å². The smallest absolute Gasteiger partial charge is 0.303 e. The number of carbonyl (C=O) groups is 1. The molecule has 0 spiro atoms. The Bertz CT molecular complexity index is 327. The number of hydrogen-bond acceptors (Lipinski definition) is 3. The molecule has 0 unspecified atom stereocenters. The van der Waals surface area contributed by atoms with Crippen LogP contribution in [0, 0.1) is 0 Å². The first-order valence-corrected chi connectivity index (χ1v) is 6.39. The van der Waals surface area contributed by atoms with Gasteiger partial charge in [0.25, 0.3) is 0 Å². The summed E-state index contributed by atoms with van der Waals surface area (Å²) in [6.45, 7) is 2.48. The molecule has 18 heavy (non-hydrogen) atoms. The Morgan fingerprint density at radius 1 is 1.11 bits per heavy atom. The molecule has 0 saturated heterocycles. The Morgan fingerprint density at radius 2 is 1.83 bits per heavy atom. The van der Waals surface area contributed by atoms with Crippen molar-refractivity contribution < 1.29 is 14.6 Å². The van der Waals surface area contributed by atoms with Crippen molar-refractivity contribution >= 4 is 5.97 Å². The molecule has 1 aromatic carbocycles. The number of carboxylic acid groups (broad SMARTS) is 1. The summed E-state index contributed by atoms with van der Waals surface area (Å²) < 4.78 is 5.55. The standard InChI is InChI=1S/C14H21NO3/c16-14(17)9-4-5-10-15-11-6-12-18-13-7-2-1-3-8-13/h1-3,7-8,15H,4-6,9-12H2,(H,16,17). The average Bonchev–Trinajstić information content (AvgIpc) is 2.37. The maximum Gasteiger partial charge on any atom is 0.303 e. The van der Waals surface area contributed by atoms with E-state index in [-0.39, 0.29) is 6.42 Å². The summed E-state index contributed by atoms with van der Waals surface area (Å²) in [5.41, 5.74) is 0. The summed E-state index contributed by atoms with van der Waals surface area (Å²) in [7, 11) is 0. The van der Waals surface area contributed by atoms with Crippen molar-refractivity contribution in [2.75, 3.05) is 19.7 Å². The Morgan fingerprint density at radius 3 is 2.56 bits per heavy atom. The van der Waals surface area contributed by atoms with Crippen molar-refractivity contribution in [1.29, 1.82) is 0 Å². The number of para-hydroxylation sites is 1. The maximum atomic E-state index is 10.3. The lowest BCUT2D eigenvalue weighted by molar-refractivity contribution is -0.137. The molecule has 0 heterocycles. The Kier molecular flexibility index (Phi) is 7.64. The van der Waals surface area contributed by atoms with Gasteiger partial charge in [0, 0.05) is 6.42 Å². The molecule has 0 saturated carbocycles. The van der Waals surface area contributed by atoms with Gasteiger partial charge in [0.2, 0.25) is 0 Å². The van der Waals surface area contributed by atoms with E-state index in [4.69, 9.17) is 9.84 Å². The molecular weight excluding hydrogens is 230 g/mol. The van der Waals surface area contributed by atoms with Gasteiger partial charge in [-0.3, -0.25) is 4.79 Å². The molecule has 1 rings (SSSR count). The van der Waals surface area contributed by atoms with Crippen LogP contribution in [-0.4, -0.2) is 30.8 Å². The summed E-state index contributed by atoms with van der Waals surface area (Å²) in [5, 5.41) is 11.7. The molecule has 0 atom stereocenters. The molecule has 0 aliphatic carbocycles. The first-order chi connectivity index (χ1) is 8.79. The second kappa shape index (κ2) is 9.48. The molecule has 0 amide bonds. The first kappa shape index (κ1) is 14.5. The molecule has 1 aromatic rings. The van der Waals surface area contributed by atoms with Crippen LogP contribution in [0.15, 0.2) is 30.3 Å². The van der Waals surface area contributed by atoms with Gasteiger partial charge in [-0.15, -0.1) is 0 Å². The predicted octanol–water partition coefficient (Wildman–Crippen LogP) is 2.30. The van der Waals surface area contributed by atoms with Gasteiger partial charge in [0.15, 0.2) is 0 Å². The highest BCUT2D eigenvalue weighted by molar-refractivity contribution is 5.66. The molecule has 4 nitrogen and oxygen atoms in total. The lowest BCUT2D eigenvalue weighted by atomic mass is 10.2. The number of unbranched alkanes of at least 4 members (excludes halogenated alkanes) is 1. The zero-order valence-corrected chi connectivity index (χ0v) is 10.6. The third-order valence-corrected chi connectivity index (χ3v) is 2.50. The van der Waals surface area contributed by atoms with Gasteiger partial charge in [0.05, 0.1) is 6.61 Å². The minimum absolute atomic E-state index is 0.263. The molecular formula is C14H21NO3. The van der Waals surface area contributed by atoms with E-state index in [2.05, 4.69) is 5.32 Å². The highest BCUT2D eigenvalue weighted by Crippen LogP contribution is 2.07. The molecule has 2 N–H and O–H groups in total. The molecule has 0 radical (unpaired) electrons. The van der Waals surface area contributed by atoms with Crippen LogP contribution in [0.25, 0.3) is 0 Å². The van der Waals surface area contributed by atoms with E-state index < -0.39 is 5.97 Å². The van der Waals surface area contributed by atoms with Crippen LogP contribution < -0.4 is 10.1 Å². The summed E-state index contributed by atoms with van der Waals surface area (Å²) in [4.78, 5) is 10.3. The van der Waals surface area contributed by atoms with Gasteiger partial charge < -0.3 is 15.2 Å². The fourth-order valence-corrected chi connectivity index (χ4v) is 1.56. The second-order valence-electron chi connectivity index (χ2n) is 4.12. The number of aliphatic carboxylic acids is 1. The number of ether oxygens (including phenoxy) is 1. The van der Waals surface area contributed by atoms with Gasteiger partial charge in [-0.25, -0.2) is 0 Å². The lowest BCUT2D eigenvalue weighted by Crippen LogP contribution is -2.18. The third-order valence-electron chi connectivity index (χ3n) is 2.50. The van der Waals surface area contributed by atoms with Crippen LogP contribution in [0.2, 0.25) is 0 Å². The quantitative estimate of drug-likeness (QED) is 0.626. The molecule has 100 valence electrons. The van der Waals surface area contributed by atoms with E-state index in [1.165, 1.54) is 0 Å². The summed E-state index contributed by atoms with van der Waals surface area (Å²) in [5.74, 6) is 0.185. The second-order valence-corrected chi connectivity index (χ2v) is 4.12. The Labute approximate surface area is 108 Å². The van der Waals surface area contributed by atoms with Gasteiger partial charge in [-0.2, -0.15) is 0 Å². The van der Waals surface area contributed by atoms with Crippen LogP contribution >= 0.6 is 0 Å². The normalized spacial score (nSPS) is 10.2. The minimum atomic E-state index is -0.716. The third kappa shape index (κ3) is 7.68. The monoisotopic (exact) mass is 251 g/mol. The SMILES string of the molecule is O=C(O)CCCCNCCCOc1ccccc1. The van der Waals surface area contributed by atoms with Crippen molar-refractivity contribution in [2.45, 2.75) is 25.7 Å². The molecule has 0 aromatic heterocycles. The van der Waals surface area contributed by atoms with Gasteiger partial charge in [-0.05, 0) is 44.5 Å². The molecule has 0 bridgehead atoms. The van der Waals surface area contributed by atoms with Crippen LogP contribution in [0.5, 0.6) is 5.75 Å². The van der Waals surface area contributed by atoms with E-state index in [0.717, 1.165) is 38.1 Å². The highest BCUT2D eigenvalue weighted by atomic mass is 16.5. The van der Waals surface area contributed by atoms with E-state index in [1.54, 1.807) is 0 Å². The summed E-state index contributed by atoms with van der Waals surface area (Å²) in [6, 6.07) is 9.76. The number of rotatable bonds is 10. The van der Waals surface area contributed by atoms with Gasteiger partial charge in [-0.1, -0.05) is 18.2 Å². The fraction of sp³-hybridized carbons (Fsp3) is 0.500. The Hall–Kier alpha value is -1.55. The topological polar surface area (TPSA) is 58.6 Å². The van der Waals surface area contributed by atoms with E-state index in [9.17, 15) is 4.79 Å². The highest BCUT2D eigenvalue weighted by Gasteiger charge is 1.96. The average molecular weight is 251 g/mol. The first-order valence-electron chi connectivity index (χ1n) is 6.39. The number of benzene rings is 1. The van der Waals surface area contributed by atoms with E-state index >= 15 is 0 Å². The lowest BCUT2D eigenvalue weighted by Gasteiger charge is -2.06. The van der Waals surface area contributed by atoms with Crippen LogP contribution in [-0.2, 0) is 4.79 Å². The van der Waals surface area contributed by atoms with Crippen molar-refractivity contribution in [3.8, 4) is 5.75 Å². The van der Waals surface area contributed by atoms with Crippen LogP contribution in [0.3, 0.4) is 0 Å². The summed E-state index contributed by atoms with van der Waals surface area (Å²) >= 11 is 0. The number of carboxylic acids is 1. The van der Waals surface area contributed by atoms with Crippen LogP contribution in [0.4, 0.5) is 0 Å². The molecule has 0 aliphatic rings. The van der Waals surface area contributed by atoms with Crippen LogP contribution in [0.1, 0.15) is 25.7 Å². The van der Waals surface area contributed by atoms with Gasteiger partial charge in [0.1, 0.15) is 5.75 Å². The van der Waals surface area contributed by atoms with E-state index in [0.29, 0.717) is 6.61 Å². The maximum absolute atomic E-state index is 10.3.